The van der Waals surface area contributed by atoms with Crippen LogP contribution in [0.1, 0.15) is 0 Å². The van der Waals surface area contributed by atoms with Crippen LogP contribution in [0.5, 0.6) is 0 Å². The van der Waals surface area contributed by atoms with Crippen molar-refractivity contribution in [2.24, 2.45) is 0 Å². The first-order valence-corrected chi connectivity index (χ1v) is 17.1. The summed E-state index contributed by atoms with van der Waals surface area (Å²) in [5, 5.41) is 4.47. The third-order valence-electron chi connectivity index (χ3n) is 9.70. The number of nitrogens with zero attached hydrogens (tertiary/aromatic N) is 2. The quantitative estimate of drug-likeness (QED) is 0.179. The highest BCUT2D eigenvalue weighted by Crippen LogP contribution is 2.41. The first-order valence-electron chi connectivity index (χ1n) is 17.1. The molecule has 0 N–H and O–H groups in total. The molecule has 10 aromatic rings. The van der Waals surface area contributed by atoms with E-state index in [1.54, 1.807) is 0 Å². The maximum absolute atomic E-state index is 6.56. The summed E-state index contributed by atoms with van der Waals surface area (Å²) in [7, 11) is 0. The van der Waals surface area contributed by atoms with Crippen molar-refractivity contribution in [1.29, 1.82) is 0 Å². The van der Waals surface area contributed by atoms with E-state index < -0.39 is 0 Å². The summed E-state index contributed by atoms with van der Waals surface area (Å²) in [6.07, 6.45) is 0. The topological polar surface area (TPSA) is 42.4 Å². The molecule has 4 heteroatoms. The minimum Gasteiger partial charge on any atom is -0.456 e. The predicted molar refractivity (Wildman–Crippen MR) is 210 cm³/mol. The lowest BCUT2D eigenvalue weighted by molar-refractivity contribution is 0.621. The molecule has 0 spiro atoms. The van der Waals surface area contributed by atoms with Crippen molar-refractivity contribution in [1.82, 2.24) is 4.98 Å². The number of para-hydroxylation sites is 2. The van der Waals surface area contributed by atoms with Crippen LogP contribution >= 0.6 is 0 Å². The summed E-state index contributed by atoms with van der Waals surface area (Å²) >= 11 is 0. The summed E-state index contributed by atoms with van der Waals surface area (Å²) < 4.78 is 12.8. The Morgan fingerprint density at radius 1 is 0.392 bits per heavy atom. The number of anilines is 3. The normalized spacial score (nSPS) is 11.5. The van der Waals surface area contributed by atoms with E-state index in [9.17, 15) is 0 Å². The zero-order chi connectivity index (χ0) is 33.7. The van der Waals surface area contributed by atoms with Gasteiger partial charge in [0.15, 0.2) is 5.58 Å². The van der Waals surface area contributed by atoms with Gasteiger partial charge in [-0.1, -0.05) is 121 Å². The van der Waals surface area contributed by atoms with Gasteiger partial charge in [0.25, 0.3) is 0 Å². The Morgan fingerprint density at radius 2 is 1.06 bits per heavy atom. The van der Waals surface area contributed by atoms with Crippen LogP contribution in [0.15, 0.2) is 191 Å². The fourth-order valence-corrected chi connectivity index (χ4v) is 7.25. The standard InChI is InChI=1S/C47H30N2O2/c1-2-11-31(12-3-1)34-15-8-16-36(29-34)49(37-27-28-45-42(30-37)40-18-6-7-22-44(40)50-45)35-25-23-33(24-26-35)39-19-10-21-43-46(39)51-47(48-43)41-20-9-14-32-13-4-5-17-38(32)41/h1-30H. The van der Waals surface area contributed by atoms with Gasteiger partial charge in [0, 0.05) is 39.0 Å². The Labute approximate surface area is 294 Å². The second-order valence-corrected chi connectivity index (χ2v) is 12.8. The lowest BCUT2D eigenvalue weighted by Crippen LogP contribution is -2.10. The maximum Gasteiger partial charge on any atom is 0.227 e. The zero-order valence-electron chi connectivity index (χ0n) is 27.5. The van der Waals surface area contributed by atoms with Gasteiger partial charge < -0.3 is 13.7 Å². The summed E-state index contributed by atoms with van der Waals surface area (Å²) in [6.45, 7) is 0. The van der Waals surface area contributed by atoms with E-state index in [4.69, 9.17) is 13.8 Å². The van der Waals surface area contributed by atoms with E-state index in [0.29, 0.717) is 5.89 Å². The highest BCUT2D eigenvalue weighted by Gasteiger charge is 2.18. The third-order valence-corrected chi connectivity index (χ3v) is 9.70. The van der Waals surface area contributed by atoms with E-state index in [2.05, 4.69) is 163 Å². The van der Waals surface area contributed by atoms with Crippen molar-refractivity contribution in [3.05, 3.63) is 182 Å². The fourth-order valence-electron chi connectivity index (χ4n) is 7.25. The van der Waals surface area contributed by atoms with Gasteiger partial charge in [-0.3, -0.25) is 0 Å². The molecule has 240 valence electrons. The molecule has 0 fully saturated rings. The monoisotopic (exact) mass is 654 g/mol. The van der Waals surface area contributed by atoms with Gasteiger partial charge >= 0.3 is 0 Å². The molecule has 0 bridgehead atoms. The molecule has 4 nitrogen and oxygen atoms in total. The van der Waals surface area contributed by atoms with Gasteiger partial charge in [-0.15, -0.1) is 0 Å². The predicted octanol–water partition coefficient (Wildman–Crippen LogP) is 13.4. The van der Waals surface area contributed by atoms with Crippen molar-refractivity contribution < 1.29 is 8.83 Å². The van der Waals surface area contributed by atoms with Gasteiger partial charge in [0.2, 0.25) is 5.89 Å². The van der Waals surface area contributed by atoms with Crippen LogP contribution in [-0.4, -0.2) is 4.98 Å². The van der Waals surface area contributed by atoms with Crippen molar-refractivity contribution >= 4 is 60.9 Å². The van der Waals surface area contributed by atoms with E-state index in [1.807, 2.05) is 24.3 Å². The number of fused-ring (bicyclic) bond motifs is 5. The Kier molecular flexibility index (Phi) is 6.78. The number of hydrogen-bond donors (Lipinski definition) is 0. The average molecular weight is 655 g/mol. The highest BCUT2D eigenvalue weighted by atomic mass is 16.3. The van der Waals surface area contributed by atoms with Crippen LogP contribution < -0.4 is 4.90 Å². The SMILES string of the molecule is c1ccc(-c2cccc(N(c3ccc(-c4cccc5nc(-c6cccc7ccccc67)oc45)cc3)c3ccc4oc5ccccc5c4c3)c2)cc1. The molecule has 10 rings (SSSR count). The second-order valence-electron chi connectivity index (χ2n) is 12.8. The molecular formula is C47H30N2O2. The molecule has 0 atom stereocenters. The molecule has 2 heterocycles. The van der Waals surface area contributed by atoms with Gasteiger partial charge in [-0.2, -0.15) is 0 Å². The fraction of sp³-hybridized carbons (Fsp3) is 0. The first kappa shape index (κ1) is 29.0. The highest BCUT2D eigenvalue weighted by molar-refractivity contribution is 6.06. The lowest BCUT2D eigenvalue weighted by Gasteiger charge is -2.26. The molecule has 51 heavy (non-hydrogen) atoms. The summed E-state index contributed by atoms with van der Waals surface area (Å²) in [5.74, 6) is 0.623. The summed E-state index contributed by atoms with van der Waals surface area (Å²) in [5.41, 5.74) is 11.9. The number of furan rings is 1. The molecule has 0 unspecified atom stereocenters. The van der Waals surface area contributed by atoms with Crippen LogP contribution in [0, 0.1) is 0 Å². The Bertz CT molecular complexity index is 2860. The van der Waals surface area contributed by atoms with Crippen LogP contribution in [-0.2, 0) is 0 Å². The average Bonchev–Trinajstić information content (AvgIpc) is 3.80. The molecule has 0 aliphatic heterocycles. The van der Waals surface area contributed by atoms with E-state index in [0.717, 1.165) is 83.1 Å². The Hall–Kier alpha value is -6.91. The van der Waals surface area contributed by atoms with Crippen LogP contribution in [0.2, 0.25) is 0 Å². The Balaban J connectivity index is 1.09. The van der Waals surface area contributed by atoms with Gasteiger partial charge in [0.1, 0.15) is 16.7 Å². The molecule has 0 aliphatic carbocycles. The largest absolute Gasteiger partial charge is 0.456 e. The molecular weight excluding hydrogens is 625 g/mol. The number of rotatable bonds is 6. The zero-order valence-corrected chi connectivity index (χ0v) is 27.5. The van der Waals surface area contributed by atoms with E-state index >= 15 is 0 Å². The van der Waals surface area contributed by atoms with Crippen molar-refractivity contribution in [2.45, 2.75) is 0 Å². The van der Waals surface area contributed by atoms with E-state index in [1.165, 1.54) is 5.56 Å². The number of hydrogen-bond acceptors (Lipinski definition) is 4. The van der Waals surface area contributed by atoms with E-state index in [-0.39, 0.29) is 0 Å². The lowest BCUT2D eigenvalue weighted by atomic mass is 10.0. The molecule has 0 radical (unpaired) electrons. The van der Waals surface area contributed by atoms with Gasteiger partial charge in [-0.25, -0.2) is 4.98 Å². The van der Waals surface area contributed by atoms with Gasteiger partial charge in [-0.05, 0) is 88.1 Å². The summed E-state index contributed by atoms with van der Waals surface area (Å²) in [6, 6.07) is 63.4. The minimum absolute atomic E-state index is 0.623. The van der Waals surface area contributed by atoms with Crippen molar-refractivity contribution in [3.8, 4) is 33.7 Å². The molecule has 8 aromatic carbocycles. The number of aromatic nitrogens is 1. The summed E-state index contributed by atoms with van der Waals surface area (Å²) in [4.78, 5) is 7.25. The first-order chi connectivity index (χ1) is 25.3. The van der Waals surface area contributed by atoms with Crippen molar-refractivity contribution in [3.63, 3.8) is 0 Å². The van der Waals surface area contributed by atoms with Crippen LogP contribution in [0.4, 0.5) is 17.1 Å². The molecule has 2 aromatic heterocycles. The van der Waals surface area contributed by atoms with Crippen molar-refractivity contribution in [2.75, 3.05) is 4.90 Å². The molecule has 0 saturated carbocycles. The number of benzene rings is 8. The van der Waals surface area contributed by atoms with Gasteiger partial charge in [0.05, 0.1) is 0 Å². The molecule has 0 aliphatic rings. The van der Waals surface area contributed by atoms with Crippen LogP contribution in [0.3, 0.4) is 0 Å². The minimum atomic E-state index is 0.623. The molecule has 0 saturated heterocycles. The maximum atomic E-state index is 6.56. The smallest absolute Gasteiger partial charge is 0.227 e. The number of oxazole rings is 1. The second kappa shape index (κ2) is 11.9. The third kappa shape index (κ3) is 5.04. The molecule has 0 amide bonds. The Morgan fingerprint density at radius 3 is 1.96 bits per heavy atom. The van der Waals surface area contributed by atoms with Crippen LogP contribution in [0.25, 0.3) is 77.5 Å².